The molecule has 0 aromatic heterocycles. The first-order valence-electron chi connectivity index (χ1n) is 35.3. The summed E-state index contributed by atoms with van der Waals surface area (Å²) >= 11 is 0. The fraction of sp³-hybridized carbons (Fsp3) is 0.971. The van der Waals surface area contributed by atoms with E-state index in [2.05, 4.69) is 19.2 Å². The van der Waals surface area contributed by atoms with Crippen LogP contribution in [-0.2, 0) is 14.3 Å². The van der Waals surface area contributed by atoms with Crippen molar-refractivity contribution in [3.05, 3.63) is 0 Å². The van der Waals surface area contributed by atoms with E-state index >= 15 is 0 Å². The van der Waals surface area contributed by atoms with Crippen molar-refractivity contribution < 1.29 is 24.5 Å². The van der Waals surface area contributed by atoms with Crippen LogP contribution in [0.1, 0.15) is 412 Å². The van der Waals surface area contributed by atoms with Gasteiger partial charge in [-0.05, 0) is 25.7 Å². The molecule has 2 atom stereocenters. The number of hydrogen-bond donors (Lipinski definition) is 3. The molecule has 76 heavy (non-hydrogen) atoms. The molecule has 0 spiro atoms. The van der Waals surface area contributed by atoms with Crippen molar-refractivity contribution in [1.82, 2.24) is 5.32 Å². The molecule has 0 saturated carbocycles. The highest BCUT2D eigenvalue weighted by atomic mass is 16.5. The van der Waals surface area contributed by atoms with Crippen LogP contribution in [0.3, 0.4) is 0 Å². The van der Waals surface area contributed by atoms with Crippen LogP contribution in [0.4, 0.5) is 0 Å². The molecule has 2 unspecified atom stereocenters. The second-order valence-electron chi connectivity index (χ2n) is 24.6. The highest BCUT2D eigenvalue weighted by molar-refractivity contribution is 5.76. The van der Waals surface area contributed by atoms with Gasteiger partial charge in [-0.15, -0.1) is 0 Å². The topological polar surface area (TPSA) is 95.9 Å². The minimum atomic E-state index is -0.657. The average molecular weight is 1070 g/mol. The molecular formula is C70H139NO5. The summed E-state index contributed by atoms with van der Waals surface area (Å²) in [6.07, 6.45) is 80.4. The van der Waals surface area contributed by atoms with Gasteiger partial charge >= 0.3 is 5.97 Å². The molecule has 6 heteroatoms. The summed E-state index contributed by atoms with van der Waals surface area (Å²) in [5, 5.41) is 23.2. The van der Waals surface area contributed by atoms with E-state index in [9.17, 15) is 19.8 Å². The number of carbonyl (C=O) groups is 2. The SMILES string of the molecule is CCCCCCCCCCCCCC(=O)OCCCCCCCCCCCCCCCCCCCCCCCCCCCCCCCCCCCCCCCC(=O)NC(CO)C(O)CCCCCCCCCCCCC. The highest BCUT2D eigenvalue weighted by Crippen LogP contribution is 2.20. The molecule has 0 bridgehead atoms. The van der Waals surface area contributed by atoms with Gasteiger partial charge in [-0.3, -0.25) is 9.59 Å². The summed E-state index contributed by atoms with van der Waals surface area (Å²) < 4.78 is 5.48. The molecule has 1 amide bonds. The predicted molar refractivity (Wildman–Crippen MR) is 334 cm³/mol. The zero-order valence-corrected chi connectivity index (χ0v) is 52.0. The number of aliphatic hydroxyl groups excluding tert-OH is 2. The van der Waals surface area contributed by atoms with Crippen LogP contribution in [0.15, 0.2) is 0 Å². The van der Waals surface area contributed by atoms with Gasteiger partial charge in [0.2, 0.25) is 5.91 Å². The lowest BCUT2D eigenvalue weighted by Crippen LogP contribution is -2.45. The first kappa shape index (κ1) is 74.9. The number of unbranched alkanes of at least 4 members (excludes halogenated alkanes) is 56. The number of aliphatic hydroxyl groups is 2. The maximum absolute atomic E-state index is 12.5. The van der Waals surface area contributed by atoms with Crippen molar-refractivity contribution in [2.45, 2.75) is 424 Å². The Bertz CT molecular complexity index is 1100. The molecule has 6 nitrogen and oxygen atoms in total. The molecule has 0 heterocycles. The largest absolute Gasteiger partial charge is 0.466 e. The number of ether oxygens (including phenoxy) is 1. The molecule has 0 radical (unpaired) electrons. The fourth-order valence-electron chi connectivity index (χ4n) is 11.5. The van der Waals surface area contributed by atoms with Crippen LogP contribution in [0.25, 0.3) is 0 Å². The third-order valence-electron chi connectivity index (χ3n) is 16.9. The maximum Gasteiger partial charge on any atom is 0.305 e. The Hall–Kier alpha value is -1.14. The first-order chi connectivity index (χ1) is 37.5. The molecule has 0 saturated heterocycles. The first-order valence-corrected chi connectivity index (χ1v) is 35.3. The normalized spacial score (nSPS) is 12.4. The molecule has 0 aromatic rings. The Kier molecular flexibility index (Phi) is 65.4. The summed E-state index contributed by atoms with van der Waals surface area (Å²) in [7, 11) is 0. The van der Waals surface area contributed by atoms with Gasteiger partial charge in [0, 0.05) is 12.8 Å². The lowest BCUT2D eigenvalue weighted by molar-refractivity contribution is -0.143. The van der Waals surface area contributed by atoms with Crippen molar-refractivity contribution in [3.63, 3.8) is 0 Å². The van der Waals surface area contributed by atoms with Crippen molar-refractivity contribution in [3.8, 4) is 0 Å². The van der Waals surface area contributed by atoms with Gasteiger partial charge in [-0.25, -0.2) is 0 Å². The quantitative estimate of drug-likeness (QED) is 0.0417. The highest BCUT2D eigenvalue weighted by Gasteiger charge is 2.20. The van der Waals surface area contributed by atoms with Gasteiger partial charge in [0.05, 0.1) is 25.4 Å². The van der Waals surface area contributed by atoms with E-state index in [1.165, 1.54) is 340 Å². The molecule has 0 aliphatic rings. The standard InChI is InChI=1S/C70H139NO5/c1-3-5-7-9-11-13-42-46-50-54-58-62-68(73)67(66-72)71-69(74)63-59-55-51-47-44-40-38-36-34-32-30-28-26-24-22-20-18-16-15-17-19-21-23-25-27-29-31-33-35-37-39-41-45-49-53-57-61-65-76-70(75)64-60-56-52-48-43-14-12-10-8-6-4-2/h67-68,72-73H,3-66H2,1-2H3,(H,71,74). The van der Waals surface area contributed by atoms with E-state index in [0.29, 0.717) is 25.9 Å². The molecule has 0 fully saturated rings. The number of hydrogen-bond acceptors (Lipinski definition) is 5. The fourth-order valence-corrected chi connectivity index (χ4v) is 11.5. The summed E-state index contributed by atoms with van der Waals surface area (Å²) in [5.41, 5.74) is 0. The smallest absolute Gasteiger partial charge is 0.305 e. The average Bonchev–Trinajstić information content (AvgIpc) is 3.42. The minimum Gasteiger partial charge on any atom is -0.466 e. The zero-order chi connectivity index (χ0) is 55.0. The van der Waals surface area contributed by atoms with Gasteiger partial charge in [-0.2, -0.15) is 0 Å². The molecule has 454 valence electrons. The number of rotatable bonds is 67. The van der Waals surface area contributed by atoms with Crippen molar-refractivity contribution in [1.29, 1.82) is 0 Å². The molecule has 0 aliphatic heterocycles. The van der Waals surface area contributed by atoms with E-state index in [1.807, 2.05) is 0 Å². The molecular weight excluding hydrogens is 935 g/mol. The lowest BCUT2D eigenvalue weighted by Gasteiger charge is -2.22. The van der Waals surface area contributed by atoms with Crippen molar-refractivity contribution in [2.75, 3.05) is 13.2 Å². The van der Waals surface area contributed by atoms with Crippen LogP contribution in [0.5, 0.6) is 0 Å². The summed E-state index contributed by atoms with van der Waals surface area (Å²) in [6.45, 7) is 4.98. The molecule has 0 aromatic carbocycles. The maximum atomic E-state index is 12.5. The number of amides is 1. The number of carbonyl (C=O) groups excluding carboxylic acids is 2. The predicted octanol–water partition coefficient (Wildman–Crippen LogP) is 22.6. The monoisotopic (exact) mass is 1070 g/mol. The number of nitrogens with one attached hydrogen (secondary N) is 1. The van der Waals surface area contributed by atoms with Crippen LogP contribution >= 0.6 is 0 Å². The zero-order valence-electron chi connectivity index (χ0n) is 52.0. The van der Waals surface area contributed by atoms with Gasteiger partial charge in [-0.1, -0.05) is 373 Å². The van der Waals surface area contributed by atoms with Crippen LogP contribution in [0, 0.1) is 0 Å². The Morgan fingerprint density at radius 1 is 0.316 bits per heavy atom. The molecule has 0 aliphatic carbocycles. The molecule has 3 N–H and O–H groups in total. The van der Waals surface area contributed by atoms with E-state index < -0.39 is 12.1 Å². The summed E-state index contributed by atoms with van der Waals surface area (Å²) in [6, 6.07) is -0.534. The molecule has 0 rings (SSSR count). The van der Waals surface area contributed by atoms with E-state index in [-0.39, 0.29) is 18.5 Å². The second kappa shape index (κ2) is 66.4. The Morgan fingerprint density at radius 2 is 0.539 bits per heavy atom. The van der Waals surface area contributed by atoms with E-state index in [4.69, 9.17) is 4.74 Å². The summed E-state index contributed by atoms with van der Waals surface area (Å²) in [5.74, 6) is -0.00368. The lowest BCUT2D eigenvalue weighted by atomic mass is 10.0. The van der Waals surface area contributed by atoms with Gasteiger partial charge < -0.3 is 20.3 Å². The van der Waals surface area contributed by atoms with Crippen LogP contribution in [0.2, 0.25) is 0 Å². The second-order valence-corrected chi connectivity index (χ2v) is 24.6. The van der Waals surface area contributed by atoms with Crippen LogP contribution < -0.4 is 5.32 Å². The third-order valence-corrected chi connectivity index (χ3v) is 16.9. The Balaban J connectivity index is 3.26. The Morgan fingerprint density at radius 3 is 0.803 bits per heavy atom. The van der Waals surface area contributed by atoms with Crippen molar-refractivity contribution >= 4 is 11.9 Å². The summed E-state index contributed by atoms with van der Waals surface area (Å²) in [4.78, 5) is 24.5. The Labute approximate surface area is 476 Å². The van der Waals surface area contributed by atoms with Crippen LogP contribution in [-0.4, -0.2) is 47.4 Å². The third kappa shape index (κ3) is 62.1. The van der Waals surface area contributed by atoms with Gasteiger partial charge in [0.15, 0.2) is 0 Å². The van der Waals surface area contributed by atoms with Gasteiger partial charge in [0.1, 0.15) is 0 Å². The van der Waals surface area contributed by atoms with Gasteiger partial charge in [0.25, 0.3) is 0 Å². The van der Waals surface area contributed by atoms with E-state index in [0.717, 1.165) is 38.5 Å². The minimum absolute atomic E-state index is 0.0239. The van der Waals surface area contributed by atoms with Crippen molar-refractivity contribution in [2.24, 2.45) is 0 Å². The van der Waals surface area contributed by atoms with E-state index in [1.54, 1.807) is 0 Å². The number of esters is 1.